The second kappa shape index (κ2) is 7.06. The van der Waals surface area contributed by atoms with Crippen LogP contribution in [-0.2, 0) is 0 Å². The zero-order chi connectivity index (χ0) is 18.1. The van der Waals surface area contributed by atoms with Crippen LogP contribution in [0.3, 0.4) is 0 Å². The molecule has 0 amide bonds. The number of para-hydroxylation sites is 1. The minimum Gasteiger partial charge on any atom is -0.324 e. The number of halogens is 2. The molecule has 26 heavy (non-hydrogen) atoms. The van der Waals surface area contributed by atoms with E-state index in [1.54, 1.807) is 0 Å². The average molecular weight is 425 g/mol. The summed E-state index contributed by atoms with van der Waals surface area (Å²) in [4.78, 5) is 9.46. The number of aromatic nitrogens is 2. The first-order valence-electron chi connectivity index (χ1n) is 8.17. The van der Waals surface area contributed by atoms with E-state index < -0.39 is 0 Å². The molecule has 1 aromatic heterocycles. The number of nitrogens with zero attached hydrogens (tertiary/aromatic N) is 2. The van der Waals surface area contributed by atoms with Crippen LogP contribution in [-0.4, -0.2) is 9.97 Å². The van der Waals surface area contributed by atoms with E-state index in [0.717, 1.165) is 37.9 Å². The lowest BCUT2D eigenvalue weighted by atomic mass is 10.1. The van der Waals surface area contributed by atoms with Gasteiger partial charge in [-0.25, -0.2) is 9.97 Å². The van der Waals surface area contributed by atoms with Crippen LogP contribution in [0.2, 0.25) is 5.02 Å². The number of anilines is 2. The molecule has 4 rings (SSSR count). The Morgan fingerprint density at radius 3 is 2.50 bits per heavy atom. The molecule has 0 aliphatic rings. The normalized spacial score (nSPS) is 10.9. The molecular formula is C21H15BrClN3. The molecule has 4 aromatic rings. The second-order valence-corrected chi connectivity index (χ2v) is 7.30. The summed E-state index contributed by atoms with van der Waals surface area (Å²) >= 11 is 9.98. The highest BCUT2D eigenvalue weighted by Crippen LogP contribution is 2.34. The Labute approximate surface area is 165 Å². The van der Waals surface area contributed by atoms with Crippen molar-refractivity contribution >= 4 is 50.1 Å². The van der Waals surface area contributed by atoms with Crippen molar-refractivity contribution in [1.82, 2.24) is 9.97 Å². The summed E-state index contributed by atoms with van der Waals surface area (Å²) in [6.07, 6.45) is 0. The molecule has 0 aliphatic heterocycles. The van der Waals surface area contributed by atoms with Gasteiger partial charge >= 0.3 is 0 Å². The van der Waals surface area contributed by atoms with Gasteiger partial charge in [-0.15, -0.1) is 0 Å². The first kappa shape index (κ1) is 17.0. The van der Waals surface area contributed by atoms with Gasteiger partial charge in [0.1, 0.15) is 0 Å². The fraction of sp³-hybridized carbons (Fsp3) is 0.0476. The lowest BCUT2D eigenvalue weighted by Crippen LogP contribution is -2.01. The molecule has 0 bridgehead atoms. The largest absolute Gasteiger partial charge is 0.324 e. The van der Waals surface area contributed by atoms with E-state index in [0.29, 0.717) is 11.0 Å². The third kappa shape index (κ3) is 3.30. The summed E-state index contributed by atoms with van der Waals surface area (Å²) in [5.41, 5.74) is 4.65. The zero-order valence-corrected chi connectivity index (χ0v) is 16.3. The quantitative estimate of drug-likeness (QED) is 0.394. The SMILES string of the molecule is Cc1ccccc1Nc1nc(-c2ccccc2Cl)c2cc(Br)ccc2n1. The number of benzene rings is 3. The molecular weight excluding hydrogens is 410 g/mol. The van der Waals surface area contributed by atoms with Crippen molar-refractivity contribution in [2.24, 2.45) is 0 Å². The second-order valence-electron chi connectivity index (χ2n) is 5.98. The Kier molecular flexibility index (Phi) is 4.62. The maximum atomic E-state index is 6.44. The lowest BCUT2D eigenvalue weighted by Gasteiger charge is -2.13. The van der Waals surface area contributed by atoms with Crippen molar-refractivity contribution < 1.29 is 0 Å². The van der Waals surface area contributed by atoms with Gasteiger partial charge in [-0.2, -0.15) is 0 Å². The van der Waals surface area contributed by atoms with Gasteiger partial charge in [0.25, 0.3) is 0 Å². The molecule has 3 aromatic carbocycles. The third-order valence-corrected chi connectivity index (χ3v) is 5.00. The first-order chi connectivity index (χ1) is 12.6. The summed E-state index contributed by atoms with van der Waals surface area (Å²) < 4.78 is 0.974. The van der Waals surface area contributed by atoms with Gasteiger partial charge in [0.15, 0.2) is 0 Å². The Bertz CT molecular complexity index is 1110. The fourth-order valence-electron chi connectivity index (χ4n) is 2.85. The molecule has 0 atom stereocenters. The van der Waals surface area contributed by atoms with Crippen LogP contribution < -0.4 is 5.32 Å². The predicted octanol–water partition coefficient (Wildman–Crippen LogP) is 6.76. The van der Waals surface area contributed by atoms with E-state index in [2.05, 4.69) is 39.2 Å². The standard InChI is InChI=1S/C21H15BrClN3/c1-13-6-2-5-9-18(13)24-21-25-19-11-10-14(22)12-16(19)20(26-21)15-7-3-4-8-17(15)23/h2-12H,1H3,(H,24,25,26). The number of nitrogens with one attached hydrogen (secondary N) is 1. The molecule has 3 nitrogen and oxygen atoms in total. The van der Waals surface area contributed by atoms with Crippen LogP contribution in [0.4, 0.5) is 11.6 Å². The highest BCUT2D eigenvalue weighted by atomic mass is 79.9. The highest BCUT2D eigenvalue weighted by molar-refractivity contribution is 9.10. The fourth-order valence-corrected chi connectivity index (χ4v) is 3.44. The molecule has 0 fully saturated rings. The molecule has 0 saturated heterocycles. The Balaban J connectivity index is 1.92. The topological polar surface area (TPSA) is 37.8 Å². The number of fused-ring (bicyclic) bond motifs is 1. The summed E-state index contributed by atoms with van der Waals surface area (Å²) in [5.74, 6) is 0.545. The van der Waals surface area contributed by atoms with Gasteiger partial charge in [0.2, 0.25) is 5.95 Å². The van der Waals surface area contributed by atoms with Crippen LogP contribution >= 0.6 is 27.5 Å². The molecule has 0 saturated carbocycles. The maximum absolute atomic E-state index is 6.44. The van der Waals surface area contributed by atoms with Crippen molar-refractivity contribution in [1.29, 1.82) is 0 Å². The molecule has 0 aliphatic carbocycles. The molecule has 1 N–H and O–H groups in total. The molecule has 0 radical (unpaired) electrons. The smallest absolute Gasteiger partial charge is 0.228 e. The van der Waals surface area contributed by atoms with Crippen molar-refractivity contribution in [3.63, 3.8) is 0 Å². The van der Waals surface area contributed by atoms with E-state index in [-0.39, 0.29) is 0 Å². The maximum Gasteiger partial charge on any atom is 0.228 e. The third-order valence-electron chi connectivity index (χ3n) is 4.18. The molecule has 1 heterocycles. The van der Waals surface area contributed by atoms with Gasteiger partial charge in [0, 0.05) is 26.1 Å². The van der Waals surface area contributed by atoms with E-state index in [1.807, 2.05) is 60.7 Å². The van der Waals surface area contributed by atoms with Crippen LogP contribution in [0.5, 0.6) is 0 Å². The predicted molar refractivity (Wildman–Crippen MR) is 112 cm³/mol. The highest BCUT2D eigenvalue weighted by Gasteiger charge is 2.13. The van der Waals surface area contributed by atoms with Gasteiger partial charge in [-0.1, -0.05) is 63.9 Å². The van der Waals surface area contributed by atoms with Crippen molar-refractivity contribution in [2.45, 2.75) is 6.92 Å². The van der Waals surface area contributed by atoms with Crippen LogP contribution in [0.15, 0.2) is 71.2 Å². The Morgan fingerprint density at radius 2 is 1.69 bits per heavy atom. The van der Waals surface area contributed by atoms with Crippen LogP contribution in [0.1, 0.15) is 5.56 Å². The average Bonchev–Trinajstić information content (AvgIpc) is 2.64. The number of hydrogen-bond donors (Lipinski definition) is 1. The van der Waals surface area contributed by atoms with Crippen molar-refractivity contribution in [3.05, 3.63) is 81.8 Å². The van der Waals surface area contributed by atoms with E-state index in [9.17, 15) is 0 Å². The van der Waals surface area contributed by atoms with Crippen molar-refractivity contribution in [2.75, 3.05) is 5.32 Å². The van der Waals surface area contributed by atoms with Gasteiger partial charge in [-0.05, 0) is 42.8 Å². The van der Waals surface area contributed by atoms with Crippen LogP contribution in [0.25, 0.3) is 22.2 Å². The zero-order valence-electron chi connectivity index (χ0n) is 14.0. The monoisotopic (exact) mass is 423 g/mol. The van der Waals surface area contributed by atoms with Crippen LogP contribution in [0, 0.1) is 6.92 Å². The molecule has 0 unspecified atom stereocenters. The molecule has 5 heteroatoms. The van der Waals surface area contributed by atoms with E-state index in [1.165, 1.54) is 0 Å². The lowest BCUT2D eigenvalue weighted by molar-refractivity contribution is 1.21. The summed E-state index contributed by atoms with van der Waals surface area (Å²) in [6, 6.07) is 21.8. The van der Waals surface area contributed by atoms with Gasteiger partial charge in [-0.3, -0.25) is 0 Å². The van der Waals surface area contributed by atoms with Gasteiger partial charge < -0.3 is 5.32 Å². The number of aryl methyl sites for hydroxylation is 1. The number of hydrogen-bond acceptors (Lipinski definition) is 3. The Morgan fingerprint density at radius 1 is 0.923 bits per heavy atom. The summed E-state index contributed by atoms with van der Waals surface area (Å²) in [5, 5.41) is 4.94. The minimum absolute atomic E-state index is 0.545. The van der Waals surface area contributed by atoms with E-state index in [4.69, 9.17) is 16.6 Å². The number of rotatable bonds is 3. The minimum atomic E-state index is 0.545. The summed E-state index contributed by atoms with van der Waals surface area (Å²) in [7, 11) is 0. The van der Waals surface area contributed by atoms with E-state index >= 15 is 0 Å². The molecule has 0 spiro atoms. The van der Waals surface area contributed by atoms with Crippen molar-refractivity contribution in [3.8, 4) is 11.3 Å². The first-order valence-corrected chi connectivity index (χ1v) is 9.34. The molecule has 128 valence electrons. The Hall–Kier alpha value is -2.43. The van der Waals surface area contributed by atoms with Gasteiger partial charge in [0.05, 0.1) is 11.2 Å². The summed E-state index contributed by atoms with van der Waals surface area (Å²) in [6.45, 7) is 2.05.